The van der Waals surface area contributed by atoms with Gasteiger partial charge in [0.15, 0.2) is 0 Å². The number of fused-ring (bicyclic) bond motifs is 7. The Bertz CT molecular complexity index is 2730. The molecule has 9 rings (SSSR count). The molecule has 1 unspecified atom stereocenters. The highest BCUT2D eigenvalue weighted by atomic mass is 14.2. The highest BCUT2D eigenvalue weighted by Crippen LogP contribution is 2.44. The van der Waals surface area contributed by atoms with Crippen molar-refractivity contribution in [2.75, 3.05) is 0 Å². The first-order valence-corrected chi connectivity index (χ1v) is 17.6. The summed E-state index contributed by atoms with van der Waals surface area (Å²) in [5.74, 6) is 0.406. The summed E-state index contributed by atoms with van der Waals surface area (Å²) in [5.41, 5.74) is 10.5. The van der Waals surface area contributed by atoms with E-state index in [-0.39, 0.29) is 0 Å². The van der Waals surface area contributed by atoms with E-state index in [2.05, 4.69) is 178 Å². The lowest BCUT2D eigenvalue weighted by Crippen LogP contribution is -2.00. The van der Waals surface area contributed by atoms with Gasteiger partial charge >= 0.3 is 0 Å². The summed E-state index contributed by atoms with van der Waals surface area (Å²) in [6.45, 7) is 6.96. The maximum atomic E-state index is 2.40. The van der Waals surface area contributed by atoms with E-state index in [1.54, 1.807) is 0 Å². The van der Waals surface area contributed by atoms with E-state index in [0.717, 1.165) is 6.42 Å². The standard InChI is InChI=1S/C49H38/c1-4-31(2)48-44(15-9-17-46(48)47-18-10-16-45-41-14-8-7-13-37(41)27-32(3)49(45)47)40-24-26-43-39(30-40)22-21-38-29-36(23-25-42(38)43)35-20-19-33-11-5-6-12-34(33)28-35/h5-31H,4H2,1-3H3. The lowest BCUT2D eigenvalue weighted by Gasteiger charge is -2.22. The fourth-order valence-electron chi connectivity index (χ4n) is 8.17. The van der Waals surface area contributed by atoms with Gasteiger partial charge in [0.2, 0.25) is 0 Å². The van der Waals surface area contributed by atoms with E-state index in [4.69, 9.17) is 0 Å². The van der Waals surface area contributed by atoms with Crippen LogP contribution >= 0.6 is 0 Å². The Labute approximate surface area is 288 Å². The molecule has 0 saturated carbocycles. The van der Waals surface area contributed by atoms with Crippen LogP contribution in [0.15, 0.2) is 158 Å². The number of rotatable bonds is 5. The maximum absolute atomic E-state index is 2.40. The molecule has 0 aliphatic heterocycles. The van der Waals surface area contributed by atoms with Crippen molar-refractivity contribution < 1.29 is 0 Å². The molecule has 49 heavy (non-hydrogen) atoms. The number of hydrogen-bond donors (Lipinski definition) is 0. The number of aryl methyl sites for hydroxylation is 1. The van der Waals surface area contributed by atoms with Gasteiger partial charge in [0.25, 0.3) is 0 Å². The molecule has 0 radical (unpaired) electrons. The van der Waals surface area contributed by atoms with Crippen molar-refractivity contribution in [3.63, 3.8) is 0 Å². The third kappa shape index (κ3) is 4.90. The largest absolute Gasteiger partial charge is 0.0648 e. The van der Waals surface area contributed by atoms with Crippen molar-refractivity contribution in [3.05, 3.63) is 169 Å². The molecule has 0 amide bonds. The van der Waals surface area contributed by atoms with Gasteiger partial charge in [-0.25, -0.2) is 0 Å². The summed E-state index contributed by atoms with van der Waals surface area (Å²) in [6, 6.07) is 58.9. The van der Waals surface area contributed by atoms with Crippen LogP contribution in [0.3, 0.4) is 0 Å². The van der Waals surface area contributed by atoms with Gasteiger partial charge in [0.1, 0.15) is 0 Å². The molecule has 0 nitrogen and oxygen atoms in total. The normalized spacial score (nSPS) is 12.4. The van der Waals surface area contributed by atoms with Crippen LogP contribution in [0.1, 0.15) is 37.3 Å². The molecule has 0 spiro atoms. The Morgan fingerprint density at radius 3 is 1.69 bits per heavy atom. The lowest BCUT2D eigenvalue weighted by atomic mass is 9.81. The highest BCUT2D eigenvalue weighted by Gasteiger charge is 2.20. The van der Waals surface area contributed by atoms with Crippen molar-refractivity contribution in [1.29, 1.82) is 0 Å². The van der Waals surface area contributed by atoms with Gasteiger partial charge in [-0.05, 0) is 136 Å². The first-order valence-electron chi connectivity index (χ1n) is 17.6. The molecule has 0 saturated heterocycles. The van der Waals surface area contributed by atoms with Gasteiger partial charge in [0, 0.05) is 0 Å². The smallest absolute Gasteiger partial charge is 0.00696 e. The summed E-state index contributed by atoms with van der Waals surface area (Å²) in [4.78, 5) is 0. The second kappa shape index (κ2) is 11.8. The van der Waals surface area contributed by atoms with Crippen LogP contribution in [0.4, 0.5) is 0 Å². The molecule has 0 fully saturated rings. The topological polar surface area (TPSA) is 0 Å². The molecule has 234 valence electrons. The molecule has 9 aromatic carbocycles. The van der Waals surface area contributed by atoms with Crippen LogP contribution in [0, 0.1) is 6.92 Å². The van der Waals surface area contributed by atoms with Gasteiger partial charge in [0.05, 0.1) is 0 Å². The van der Waals surface area contributed by atoms with Crippen molar-refractivity contribution in [3.8, 4) is 33.4 Å². The van der Waals surface area contributed by atoms with Crippen molar-refractivity contribution in [1.82, 2.24) is 0 Å². The molecule has 0 bridgehead atoms. The number of hydrogen-bond acceptors (Lipinski definition) is 0. The van der Waals surface area contributed by atoms with E-state index in [1.807, 2.05) is 0 Å². The second-order valence-electron chi connectivity index (χ2n) is 13.7. The average molecular weight is 627 g/mol. The zero-order valence-corrected chi connectivity index (χ0v) is 28.3. The Morgan fingerprint density at radius 2 is 0.918 bits per heavy atom. The van der Waals surface area contributed by atoms with Crippen LogP contribution < -0.4 is 0 Å². The minimum atomic E-state index is 0.406. The Morgan fingerprint density at radius 1 is 0.408 bits per heavy atom. The zero-order valence-electron chi connectivity index (χ0n) is 28.3. The fourth-order valence-corrected chi connectivity index (χ4v) is 8.17. The van der Waals surface area contributed by atoms with Gasteiger partial charge in [-0.1, -0.05) is 153 Å². The molecule has 0 heteroatoms. The number of benzene rings is 9. The summed E-state index contributed by atoms with van der Waals surface area (Å²) >= 11 is 0. The minimum absolute atomic E-state index is 0.406. The molecular weight excluding hydrogens is 589 g/mol. The minimum Gasteiger partial charge on any atom is -0.0648 e. The molecule has 0 heterocycles. The predicted molar refractivity (Wildman–Crippen MR) is 214 cm³/mol. The Hall–Kier alpha value is -5.72. The Kier molecular flexibility index (Phi) is 7.06. The molecule has 9 aromatic rings. The maximum Gasteiger partial charge on any atom is -0.00696 e. The summed E-state index contributed by atoms with van der Waals surface area (Å²) in [7, 11) is 0. The van der Waals surface area contributed by atoms with Crippen molar-refractivity contribution in [2.24, 2.45) is 0 Å². The summed E-state index contributed by atoms with van der Waals surface area (Å²) in [6.07, 6.45) is 1.08. The van der Waals surface area contributed by atoms with E-state index in [1.165, 1.54) is 98.4 Å². The van der Waals surface area contributed by atoms with E-state index in [0.29, 0.717) is 5.92 Å². The SMILES string of the molecule is CCC(C)c1c(-c2ccc3c(ccc4cc(-c5ccc6ccccc6c5)ccc43)c2)cccc1-c1cccc2c1c(C)cc1ccccc12. The summed E-state index contributed by atoms with van der Waals surface area (Å²) in [5, 5.41) is 13.0. The van der Waals surface area contributed by atoms with Crippen molar-refractivity contribution >= 4 is 53.9 Å². The van der Waals surface area contributed by atoms with Crippen LogP contribution in [0.25, 0.3) is 87.2 Å². The molecule has 0 N–H and O–H groups in total. The van der Waals surface area contributed by atoms with Crippen LogP contribution in [0.2, 0.25) is 0 Å². The Balaban J connectivity index is 1.18. The molecule has 0 aromatic heterocycles. The van der Waals surface area contributed by atoms with Crippen LogP contribution in [0.5, 0.6) is 0 Å². The van der Waals surface area contributed by atoms with Gasteiger partial charge in [-0.15, -0.1) is 0 Å². The van der Waals surface area contributed by atoms with Crippen molar-refractivity contribution in [2.45, 2.75) is 33.1 Å². The monoisotopic (exact) mass is 626 g/mol. The molecule has 0 aliphatic rings. The average Bonchev–Trinajstić information content (AvgIpc) is 3.16. The van der Waals surface area contributed by atoms with E-state index >= 15 is 0 Å². The predicted octanol–water partition coefficient (Wildman–Crippen LogP) is 14.3. The second-order valence-corrected chi connectivity index (χ2v) is 13.7. The quantitative estimate of drug-likeness (QED) is 0.167. The van der Waals surface area contributed by atoms with Crippen LogP contribution in [-0.2, 0) is 0 Å². The summed E-state index contributed by atoms with van der Waals surface area (Å²) < 4.78 is 0. The highest BCUT2D eigenvalue weighted by molar-refractivity contribution is 6.14. The third-order valence-corrected chi connectivity index (χ3v) is 10.8. The third-order valence-electron chi connectivity index (χ3n) is 10.8. The molecule has 1 atom stereocenters. The van der Waals surface area contributed by atoms with Gasteiger partial charge in [-0.2, -0.15) is 0 Å². The first kappa shape index (κ1) is 29.4. The molecule has 0 aliphatic carbocycles. The zero-order chi connectivity index (χ0) is 33.1. The van der Waals surface area contributed by atoms with Gasteiger partial charge < -0.3 is 0 Å². The molecular formula is C49H38. The first-order chi connectivity index (χ1) is 24.1. The lowest BCUT2D eigenvalue weighted by molar-refractivity contribution is 0.737. The van der Waals surface area contributed by atoms with E-state index in [9.17, 15) is 0 Å². The van der Waals surface area contributed by atoms with Crippen LogP contribution in [-0.4, -0.2) is 0 Å². The van der Waals surface area contributed by atoms with Gasteiger partial charge in [-0.3, -0.25) is 0 Å². The van der Waals surface area contributed by atoms with E-state index < -0.39 is 0 Å². The fraction of sp³-hybridized carbons (Fsp3) is 0.102.